The van der Waals surface area contributed by atoms with Crippen LogP contribution >= 0.6 is 12.4 Å². The molecule has 2 aliphatic heterocycles. The highest BCUT2D eigenvalue weighted by Crippen LogP contribution is 2.33. The molecule has 2 aliphatic rings. The Kier molecular flexibility index (Phi) is 8.36. The molecule has 1 saturated heterocycles. The third-order valence-corrected chi connectivity index (χ3v) is 6.71. The van der Waals surface area contributed by atoms with Crippen LogP contribution in [0, 0.1) is 0 Å². The van der Waals surface area contributed by atoms with Crippen molar-refractivity contribution in [3.8, 4) is 11.5 Å². The van der Waals surface area contributed by atoms with Crippen molar-refractivity contribution in [2.24, 2.45) is 0 Å². The molecular formula is C18H27ClN2O6S. The number of benzene rings is 1. The molecule has 1 aromatic carbocycles. The van der Waals surface area contributed by atoms with Crippen molar-refractivity contribution in [1.29, 1.82) is 0 Å². The molecule has 0 bridgehead atoms. The van der Waals surface area contributed by atoms with Crippen LogP contribution in [0.15, 0.2) is 23.1 Å². The van der Waals surface area contributed by atoms with E-state index >= 15 is 0 Å². The molecule has 1 aromatic rings. The van der Waals surface area contributed by atoms with Crippen LogP contribution in [0.25, 0.3) is 0 Å². The average molecular weight is 435 g/mol. The summed E-state index contributed by atoms with van der Waals surface area (Å²) in [6.45, 7) is 4.05. The van der Waals surface area contributed by atoms with Gasteiger partial charge < -0.3 is 19.5 Å². The van der Waals surface area contributed by atoms with Crippen LogP contribution in [-0.2, 0) is 14.8 Å². The van der Waals surface area contributed by atoms with E-state index in [4.69, 9.17) is 14.6 Å². The Morgan fingerprint density at radius 2 is 1.79 bits per heavy atom. The smallest absolute Gasteiger partial charge is 0.303 e. The van der Waals surface area contributed by atoms with Crippen LogP contribution in [0.2, 0.25) is 0 Å². The number of unbranched alkanes of at least 4 members (excludes halogenated alkanes) is 1. The molecular weight excluding hydrogens is 408 g/mol. The quantitative estimate of drug-likeness (QED) is 0.654. The number of carboxylic acids is 1. The first-order valence-corrected chi connectivity index (χ1v) is 10.7. The Morgan fingerprint density at radius 1 is 1.04 bits per heavy atom. The average Bonchev–Trinajstić information content (AvgIpc) is 2.91. The monoisotopic (exact) mass is 434 g/mol. The molecule has 0 aromatic heterocycles. The first-order valence-electron chi connectivity index (χ1n) is 9.31. The number of ether oxygens (including phenoxy) is 2. The number of halogens is 1. The second kappa shape index (κ2) is 10.3. The maximum absolute atomic E-state index is 13.0. The van der Waals surface area contributed by atoms with Gasteiger partial charge in [0.15, 0.2) is 11.5 Å². The molecule has 158 valence electrons. The Hall–Kier alpha value is -1.55. The summed E-state index contributed by atoms with van der Waals surface area (Å²) in [6, 6.07) is 4.75. The number of sulfonamides is 1. The molecule has 0 saturated carbocycles. The molecule has 0 spiro atoms. The number of aliphatic carboxylic acids is 1. The third kappa shape index (κ3) is 5.73. The number of hydrogen-bond acceptors (Lipinski definition) is 6. The van der Waals surface area contributed by atoms with Gasteiger partial charge in [-0.3, -0.25) is 4.79 Å². The van der Waals surface area contributed by atoms with Crippen molar-refractivity contribution in [3.63, 3.8) is 0 Å². The highest BCUT2D eigenvalue weighted by atomic mass is 35.5. The summed E-state index contributed by atoms with van der Waals surface area (Å²) in [5.41, 5.74) is 0. The van der Waals surface area contributed by atoms with Gasteiger partial charge in [-0.05, 0) is 44.5 Å². The minimum atomic E-state index is -3.59. The van der Waals surface area contributed by atoms with E-state index in [1.54, 1.807) is 18.2 Å². The predicted octanol–water partition coefficient (Wildman–Crippen LogP) is 1.83. The van der Waals surface area contributed by atoms with Crippen LogP contribution in [0.5, 0.6) is 11.5 Å². The number of hydrogen-bond donors (Lipinski definition) is 1. The lowest BCUT2D eigenvalue weighted by Gasteiger charge is -2.23. The van der Waals surface area contributed by atoms with E-state index in [9.17, 15) is 13.2 Å². The summed E-state index contributed by atoms with van der Waals surface area (Å²) >= 11 is 0. The van der Waals surface area contributed by atoms with Crippen molar-refractivity contribution in [2.75, 3.05) is 45.9 Å². The van der Waals surface area contributed by atoms with Gasteiger partial charge in [0.2, 0.25) is 10.0 Å². The van der Waals surface area contributed by atoms with Crippen LogP contribution in [-0.4, -0.2) is 74.6 Å². The first kappa shape index (κ1) is 22.7. The summed E-state index contributed by atoms with van der Waals surface area (Å²) in [5.74, 6) is 0.267. The Morgan fingerprint density at radius 3 is 2.54 bits per heavy atom. The van der Waals surface area contributed by atoms with Crippen molar-refractivity contribution in [1.82, 2.24) is 9.21 Å². The van der Waals surface area contributed by atoms with Crippen LogP contribution in [0.3, 0.4) is 0 Å². The second-order valence-corrected chi connectivity index (χ2v) is 8.69. The topological polar surface area (TPSA) is 96.4 Å². The Balaban J connectivity index is 0.00000280. The molecule has 10 heteroatoms. The van der Waals surface area contributed by atoms with Gasteiger partial charge in [0.25, 0.3) is 0 Å². The molecule has 28 heavy (non-hydrogen) atoms. The minimum Gasteiger partial charge on any atom is -0.486 e. The number of rotatable bonds is 7. The molecule has 1 fully saturated rings. The van der Waals surface area contributed by atoms with Gasteiger partial charge in [0.1, 0.15) is 13.2 Å². The maximum atomic E-state index is 13.0. The zero-order valence-electron chi connectivity index (χ0n) is 15.7. The van der Waals surface area contributed by atoms with Gasteiger partial charge in [-0.15, -0.1) is 12.4 Å². The molecule has 0 aliphatic carbocycles. The highest BCUT2D eigenvalue weighted by molar-refractivity contribution is 7.89. The summed E-state index contributed by atoms with van der Waals surface area (Å²) < 4.78 is 38.5. The third-order valence-electron chi connectivity index (χ3n) is 4.81. The van der Waals surface area contributed by atoms with Crippen LogP contribution < -0.4 is 9.47 Å². The zero-order valence-corrected chi connectivity index (χ0v) is 17.3. The lowest BCUT2D eigenvalue weighted by Crippen LogP contribution is -2.35. The fourth-order valence-electron chi connectivity index (χ4n) is 3.36. The molecule has 1 N–H and O–H groups in total. The van der Waals surface area contributed by atoms with E-state index in [0.29, 0.717) is 50.8 Å². The first-order chi connectivity index (χ1) is 13.0. The van der Waals surface area contributed by atoms with Crippen molar-refractivity contribution < 1.29 is 27.8 Å². The molecule has 0 atom stereocenters. The predicted molar refractivity (Wildman–Crippen MR) is 106 cm³/mol. The molecule has 3 rings (SSSR count). The fourth-order valence-corrected chi connectivity index (χ4v) is 4.84. The van der Waals surface area contributed by atoms with E-state index in [2.05, 4.69) is 4.90 Å². The van der Waals surface area contributed by atoms with Crippen LogP contribution in [0.4, 0.5) is 0 Å². The summed E-state index contributed by atoms with van der Waals surface area (Å²) in [5, 5.41) is 8.70. The van der Waals surface area contributed by atoms with Gasteiger partial charge in [0, 0.05) is 32.1 Å². The fraction of sp³-hybridized carbons (Fsp3) is 0.611. The maximum Gasteiger partial charge on any atom is 0.303 e. The van der Waals surface area contributed by atoms with E-state index in [0.717, 1.165) is 25.9 Å². The lowest BCUT2D eigenvalue weighted by molar-refractivity contribution is -0.137. The SMILES string of the molecule is Cl.O=C(O)CCCCN1CCCN(S(=O)(=O)c2ccc3c(c2)OCCO3)CC1. The van der Waals surface area contributed by atoms with E-state index in [-0.39, 0.29) is 23.7 Å². The van der Waals surface area contributed by atoms with Crippen LogP contribution in [0.1, 0.15) is 25.7 Å². The number of fused-ring (bicyclic) bond motifs is 1. The van der Waals surface area contributed by atoms with Crippen molar-refractivity contribution in [3.05, 3.63) is 18.2 Å². The Labute approximate surface area is 171 Å². The molecule has 2 heterocycles. The summed E-state index contributed by atoms with van der Waals surface area (Å²) in [7, 11) is -3.59. The van der Waals surface area contributed by atoms with Gasteiger partial charge in [-0.25, -0.2) is 8.42 Å². The highest BCUT2D eigenvalue weighted by Gasteiger charge is 2.28. The summed E-state index contributed by atoms with van der Waals surface area (Å²) in [6.07, 6.45) is 2.38. The lowest BCUT2D eigenvalue weighted by atomic mass is 10.2. The van der Waals surface area contributed by atoms with Crippen molar-refractivity contribution >= 4 is 28.4 Å². The molecule has 8 nitrogen and oxygen atoms in total. The number of carboxylic acid groups (broad SMARTS) is 1. The molecule has 0 radical (unpaired) electrons. The molecule has 0 unspecified atom stereocenters. The summed E-state index contributed by atoms with van der Waals surface area (Å²) in [4.78, 5) is 13.0. The zero-order chi connectivity index (χ0) is 19.3. The molecule has 0 amide bonds. The van der Waals surface area contributed by atoms with Gasteiger partial charge in [0.05, 0.1) is 4.90 Å². The number of carbonyl (C=O) groups is 1. The Bertz CT molecular complexity index is 773. The van der Waals surface area contributed by atoms with Gasteiger partial charge in [-0.2, -0.15) is 4.31 Å². The standard InChI is InChI=1S/C18H26N2O6S.ClH/c21-18(22)4-1-2-7-19-8-3-9-20(11-10-19)27(23,24)15-5-6-16-17(14-15)26-13-12-25-16;/h5-6,14H,1-4,7-13H2,(H,21,22);1H. The van der Waals surface area contributed by atoms with Crippen molar-refractivity contribution in [2.45, 2.75) is 30.6 Å². The van der Waals surface area contributed by atoms with E-state index < -0.39 is 16.0 Å². The number of nitrogens with zero attached hydrogens (tertiary/aromatic N) is 2. The van der Waals surface area contributed by atoms with Gasteiger partial charge in [-0.1, -0.05) is 0 Å². The second-order valence-electron chi connectivity index (χ2n) is 6.76. The van der Waals surface area contributed by atoms with E-state index in [1.165, 1.54) is 4.31 Å². The van der Waals surface area contributed by atoms with Gasteiger partial charge >= 0.3 is 5.97 Å². The van der Waals surface area contributed by atoms with E-state index in [1.807, 2.05) is 0 Å². The minimum absolute atomic E-state index is 0. The largest absolute Gasteiger partial charge is 0.486 e. The normalized spacial score (nSPS) is 18.1.